The highest BCUT2D eigenvalue weighted by molar-refractivity contribution is 7.85. The zero-order chi connectivity index (χ0) is 10.4. The van der Waals surface area contributed by atoms with Crippen LogP contribution in [0.3, 0.4) is 0 Å². The SMILES string of the molecule is O=C=NS(=O)(=O)OCc1ccccc1. The summed E-state index contributed by atoms with van der Waals surface area (Å²) in [6.45, 7) is -0.144. The highest BCUT2D eigenvalue weighted by Gasteiger charge is 2.07. The summed E-state index contributed by atoms with van der Waals surface area (Å²) < 4.78 is 28.4. The molecule has 6 heteroatoms. The van der Waals surface area contributed by atoms with Crippen LogP contribution < -0.4 is 0 Å². The third-order valence-electron chi connectivity index (χ3n) is 1.37. The number of rotatable bonds is 4. The average molecular weight is 213 g/mol. The molecule has 0 bridgehead atoms. The molecular weight excluding hydrogens is 206 g/mol. The molecule has 0 N–H and O–H groups in total. The lowest BCUT2D eigenvalue weighted by Gasteiger charge is -1.98. The topological polar surface area (TPSA) is 72.8 Å². The van der Waals surface area contributed by atoms with Gasteiger partial charge in [-0.05, 0) is 5.56 Å². The minimum absolute atomic E-state index is 0.144. The maximum atomic E-state index is 10.8. The zero-order valence-corrected chi connectivity index (χ0v) is 7.90. The van der Waals surface area contributed by atoms with E-state index in [1.54, 1.807) is 30.3 Å². The first kappa shape index (κ1) is 10.6. The van der Waals surface area contributed by atoms with Gasteiger partial charge in [-0.2, -0.15) is 8.42 Å². The lowest BCUT2D eigenvalue weighted by Crippen LogP contribution is -2.01. The van der Waals surface area contributed by atoms with Crippen LogP contribution >= 0.6 is 0 Å². The Kier molecular flexibility index (Phi) is 3.53. The zero-order valence-electron chi connectivity index (χ0n) is 7.08. The van der Waals surface area contributed by atoms with E-state index in [2.05, 4.69) is 8.58 Å². The van der Waals surface area contributed by atoms with Gasteiger partial charge >= 0.3 is 10.3 Å². The fraction of sp³-hybridized carbons (Fsp3) is 0.125. The lowest BCUT2D eigenvalue weighted by molar-refractivity contribution is 0.309. The molecular formula is C8H7NO4S. The van der Waals surface area contributed by atoms with Crippen LogP contribution in [-0.2, 0) is 25.9 Å². The number of carbonyl (C=O) groups excluding carboxylic acids is 1. The molecule has 0 saturated carbocycles. The van der Waals surface area contributed by atoms with Crippen LogP contribution in [0.25, 0.3) is 0 Å². The normalized spacial score (nSPS) is 10.6. The molecule has 0 heterocycles. The molecule has 74 valence electrons. The highest BCUT2D eigenvalue weighted by atomic mass is 32.2. The molecule has 0 aliphatic rings. The Hall–Kier alpha value is -1.49. The highest BCUT2D eigenvalue weighted by Crippen LogP contribution is 2.04. The molecule has 0 saturated heterocycles. The fourth-order valence-electron chi connectivity index (χ4n) is 0.789. The van der Waals surface area contributed by atoms with Crippen molar-refractivity contribution in [3.05, 3.63) is 35.9 Å². The van der Waals surface area contributed by atoms with Crippen LogP contribution in [0.5, 0.6) is 0 Å². The molecule has 1 rings (SSSR count). The van der Waals surface area contributed by atoms with E-state index < -0.39 is 10.3 Å². The van der Waals surface area contributed by atoms with Gasteiger partial charge in [0.1, 0.15) is 0 Å². The van der Waals surface area contributed by atoms with E-state index in [1.807, 2.05) is 0 Å². The summed E-state index contributed by atoms with van der Waals surface area (Å²) in [6, 6.07) is 8.67. The summed E-state index contributed by atoms with van der Waals surface area (Å²) in [5.74, 6) is 0. The summed E-state index contributed by atoms with van der Waals surface area (Å²) in [7, 11) is -4.13. The van der Waals surface area contributed by atoms with Crippen molar-refractivity contribution >= 4 is 16.4 Å². The van der Waals surface area contributed by atoms with Crippen molar-refractivity contribution in [1.29, 1.82) is 0 Å². The Morgan fingerprint density at radius 1 is 1.29 bits per heavy atom. The van der Waals surface area contributed by atoms with Gasteiger partial charge in [0.2, 0.25) is 0 Å². The van der Waals surface area contributed by atoms with Crippen molar-refractivity contribution < 1.29 is 17.4 Å². The first-order chi connectivity index (χ1) is 6.64. The Balaban J connectivity index is 2.62. The van der Waals surface area contributed by atoms with Gasteiger partial charge in [-0.15, -0.1) is 0 Å². The molecule has 0 amide bonds. The Morgan fingerprint density at radius 2 is 1.93 bits per heavy atom. The Bertz CT molecular complexity index is 434. The van der Waals surface area contributed by atoms with E-state index in [0.717, 1.165) is 6.08 Å². The molecule has 0 radical (unpaired) electrons. The molecule has 0 aliphatic heterocycles. The fourth-order valence-corrected chi connectivity index (χ4v) is 1.22. The van der Waals surface area contributed by atoms with Gasteiger partial charge in [0.25, 0.3) is 6.08 Å². The minimum Gasteiger partial charge on any atom is -0.247 e. The van der Waals surface area contributed by atoms with Gasteiger partial charge in [0, 0.05) is 0 Å². The standard InChI is InChI=1S/C8H7NO4S/c10-7-9-14(11,12)13-6-8-4-2-1-3-5-8/h1-5H,6H2. The van der Waals surface area contributed by atoms with Gasteiger partial charge in [-0.3, -0.25) is 0 Å². The molecule has 0 unspecified atom stereocenters. The van der Waals surface area contributed by atoms with Crippen LogP contribution in [0.15, 0.2) is 34.7 Å². The third-order valence-corrected chi connectivity index (χ3v) is 2.08. The van der Waals surface area contributed by atoms with Crippen molar-refractivity contribution in [1.82, 2.24) is 0 Å². The molecule has 0 aliphatic carbocycles. The number of hydrogen-bond acceptors (Lipinski definition) is 4. The smallest absolute Gasteiger partial charge is 0.247 e. The van der Waals surface area contributed by atoms with Crippen LogP contribution in [0, 0.1) is 0 Å². The summed E-state index contributed by atoms with van der Waals surface area (Å²) in [5, 5.41) is 0. The summed E-state index contributed by atoms with van der Waals surface area (Å²) in [5.41, 5.74) is 0.678. The average Bonchev–Trinajstić information content (AvgIpc) is 2.17. The lowest BCUT2D eigenvalue weighted by atomic mass is 10.2. The summed E-state index contributed by atoms with van der Waals surface area (Å²) in [6.07, 6.45) is 0.906. The van der Waals surface area contributed by atoms with Crippen molar-refractivity contribution in [2.24, 2.45) is 4.40 Å². The maximum Gasteiger partial charge on any atom is 0.391 e. The second-order valence-corrected chi connectivity index (χ2v) is 3.63. The van der Waals surface area contributed by atoms with E-state index in [9.17, 15) is 13.2 Å². The predicted molar refractivity (Wildman–Crippen MR) is 48.3 cm³/mol. The van der Waals surface area contributed by atoms with E-state index in [0.29, 0.717) is 5.56 Å². The predicted octanol–water partition coefficient (Wildman–Crippen LogP) is 0.784. The van der Waals surface area contributed by atoms with Crippen LogP contribution in [0.2, 0.25) is 0 Å². The number of nitrogens with zero attached hydrogens (tertiary/aromatic N) is 1. The molecule has 0 atom stereocenters. The molecule has 14 heavy (non-hydrogen) atoms. The molecule has 0 spiro atoms. The monoisotopic (exact) mass is 213 g/mol. The number of isocyanates is 1. The van der Waals surface area contributed by atoms with Crippen LogP contribution in [0.1, 0.15) is 5.56 Å². The van der Waals surface area contributed by atoms with Crippen molar-refractivity contribution in [3.63, 3.8) is 0 Å². The summed E-state index contributed by atoms with van der Waals surface area (Å²) >= 11 is 0. The molecule has 1 aromatic rings. The third kappa shape index (κ3) is 3.49. The van der Waals surface area contributed by atoms with E-state index in [-0.39, 0.29) is 6.61 Å². The van der Waals surface area contributed by atoms with Crippen molar-refractivity contribution in [2.75, 3.05) is 0 Å². The largest absolute Gasteiger partial charge is 0.391 e. The number of hydrogen-bond donors (Lipinski definition) is 0. The Labute approximate surface area is 81.3 Å². The molecule has 0 fully saturated rings. The van der Waals surface area contributed by atoms with Crippen molar-refractivity contribution in [3.8, 4) is 0 Å². The van der Waals surface area contributed by atoms with Gasteiger partial charge < -0.3 is 0 Å². The number of benzene rings is 1. The second-order valence-electron chi connectivity index (χ2n) is 2.36. The van der Waals surface area contributed by atoms with Gasteiger partial charge in [0.15, 0.2) is 0 Å². The minimum atomic E-state index is -4.13. The van der Waals surface area contributed by atoms with E-state index in [1.165, 1.54) is 0 Å². The molecule has 1 aromatic carbocycles. The van der Waals surface area contributed by atoms with Crippen LogP contribution in [-0.4, -0.2) is 14.5 Å². The van der Waals surface area contributed by atoms with E-state index >= 15 is 0 Å². The maximum absolute atomic E-state index is 10.8. The molecule has 5 nitrogen and oxygen atoms in total. The molecule has 0 aromatic heterocycles. The Morgan fingerprint density at radius 3 is 2.50 bits per heavy atom. The van der Waals surface area contributed by atoms with Crippen molar-refractivity contribution in [2.45, 2.75) is 6.61 Å². The van der Waals surface area contributed by atoms with E-state index in [4.69, 9.17) is 0 Å². The first-order valence-corrected chi connectivity index (χ1v) is 5.03. The van der Waals surface area contributed by atoms with Gasteiger partial charge in [-0.1, -0.05) is 34.7 Å². The quantitative estimate of drug-likeness (QED) is 0.547. The van der Waals surface area contributed by atoms with Gasteiger partial charge in [-0.25, -0.2) is 8.98 Å². The van der Waals surface area contributed by atoms with Gasteiger partial charge in [0.05, 0.1) is 6.61 Å². The summed E-state index contributed by atoms with van der Waals surface area (Å²) in [4.78, 5) is 9.68. The second kappa shape index (κ2) is 4.66. The first-order valence-electron chi connectivity index (χ1n) is 3.66. The van der Waals surface area contributed by atoms with Crippen LogP contribution in [0.4, 0.5) is 0 Å².